The number of aromatic nitrogens is 3. The third kappa shape index (κ3) is 3.34. The molecule has 1 aromatic heterocycles. The van der Waals surface area contributed by atoms with E-state index in [1.54, 1.807) is 30.3 Å². The Morgan fingerprint density at radius 3 is 2.50 bits per heavy atom. The van der Waals surface area contributed by atoms with Crippen LogP contribution in [-0.2, 0) is 4.79 Å². The normalized spacial score (nSPS) is 11.9. The van der Waals surface area contributed by atoms with E-state index in [4.69, 9.17) is 27.9 Å². The first-order chi connectivity index (χ1) is 11.6. The van der Waals surface area contributed by atoms with E-state index in [1.165, 1.54) is 23.4 Å². The summed E-state index contributed by atoms with van der Waals surface area (Å²) in [6, 6.07) is 8.69. The molecule has 1 heterocycles. The minimum atomic E-state index is -0.772. The molecular weight excluding hydrogens is 353 g/mol. The number of carbonyl (C=O) groups excluding carboxylic acids is 1. The maximum atomic E-state index is 11.3. The van der Waals surface area contributed by atoms with Crippen molar-refractivity contribution >= 4 is 29.5 Å². The summed E-state index contributed by atoms with van der Waals surface area (Å²) in [5.41, 5.74) is 0.386. The Morgan fingerprint density at radius 2 is 1.88 bits per heavy atom. The quantitative estimate of drug-likeness (QED) is 0.696. The number of halogens is 2. The van der Waals surface area contributed by atoms with Gasteiger partial charge in [0.1, 0.15) is 42.2 Å². The lowest BCUT2D eigenvalue weighted by molar-refractivity contribution is -0.109. The van der Waals surface area contributed by atoms with Crippen molar-refractivity contribution in [2.75, 3.05) is 0 Å². The molecule has 122 valence electrons. The van der Waals surface area contributed by atoms with Gasteiger partial charge in [0.15, 0.2) is 0 Å². The molecule has 0 saturated heterocycles. The molecule has 0 fully saturated rings. The summed E-state index contributed by atoms with van der Waals surface area (Å²) in [5, 5.41) is 14.9. The molecule has 3 aromatic rings. The molecule has 0 spiro atoms. The number of carbonyl (C=O) groups is 1. The number of phenolic OH excluding ortho intramolecular Hbond substituents is 1. The van der Waals surface area contributed by atoms with Gasteiger partial charge in [-0.1, -0.05) is 23.2 Å². The fourth-order valence-corrected chi connectivity index (χ4v) is 2.44. The first-order valence-corrected chi connectivity index (χ1v) is 7.59. The summed E-state index contributed by atoms with van der Waals surface area (Å²) < 4.78 is 6.98. The molecule has 3 rings (SSSR count). The molecule has 0 saturated carbocycles. The average molecular weight is 364 g/mol. The number of nitrogens with zero attached hydrogens (tertiary/aromatic N) is 3. The number of benzene rings is 2. The molecule has 1 atom stereocenters. The van der Waals surface area contributed by atoms with Gasteiger partial charge in [0.05, 0.1) is 10.0 Å². The minimum absolute atomic E-state index is 0.0971. The summed E-state index contributed by atoms with van der Waals surface area (Å²) in [5.74, 6) is 0.762. The van der Waals surface area contributed by atoms with E-state index in [2.05, 4.69) is 10.1 Å². The van der Waals surface area contributed by atoms with Gasteiger partial charge in [-0.15, -0.1) is 0 Å². The number of hydrogen-bond donors (Lipinski definition) is 1. The lowest BCUT2D eigenvalue weighted by atomic mass is 10.1. The second kappa shape index (κ2) is 6.90. The average Bonchev–Trinajstić information content (AvgIpc) is 3.08. The Hall–Kier alpha value is -2.57. The highest BCUT2D eigenvalue weighted by Gasteiger charge is 2.18. The third-order valence-corrected chi connectivity index (χ3v) is 4.04. The summed E-state index contributed by atoms with van der Waals surface area (Å²) in [4.78, 5) is 15.1. The molecule has 0 aliphatic heterocycles. The summed E-state index contributed by atoms with van der Waals surface area (Å²) in [7, 11) is 0. The summed E-state index contributed by atoms with van der Waals surface area (Å²) in [6.07, 6.45) is 3.39. The van der Waals surface area contributed by atoms with Crippen molar-refractivity contribution in [2.45, 2.75) is 6.04 Å². The van der Waals surface area contributed by atoms with Crippen molar-refractivity contribution in [2.24, 2.45) is 0 Å². The standard InChI is InChI=1S/C16H11Cl2N3O3/c17-13-4-2-10(5-14(13)18)24-11-1-3-12(16(23)6-11)15(7-22)21-9-19-8-20-21/h1-9,15,23H. The highest BCUT2D eigenvalue weighted by atomic mass is 35.5. The monoisotopic (exact) mass is 363 g/mol. The van der Waals surface area contributed by atoms with Crippen molar-refractivity contribution in [3.05, 3.63) is 64.7 Å². The van der Waals surface area contributed by atoms with Gasteiger partial charge in [0.25, 0.3) is 0 Å². The zero-order valence-corrected chi connectivity index (χ0v) is 13.6. The van der Waals surface area contributed by atoms with Gasteiger partial charge in [0.2, 0.25) is 0 Å². The maximum absolute atomic E-state index is 11.3. The predicted octanol–water partition coefficient (Wildman–Crippen LogP) is 3.87. The molecule has 0 aliphatic rings. The molecule has 0 bridgehead atoms. The minimum Gasteiger partial charge on any atom is -0.507 e. The Bertz CT molecular complexity index is 869. The van der Waals surface area contributed by atoms with Crippen LogP contribution < -0.4 is 4.74 Å². The Kier molecular flexibility index (Phi) is 4.69. The van der Waals surface area contributed by atoms with Crippen LogP contribution in [0.3, 0.4) is 0 Å². The molecular formula is C16H11Cl2N3O3. The number of aromatic hydroxyl groups is 1. The van der Waals surface area contributed by atoms with Gasteiger partial charge in [-0.2, -0.15) is 5.10 Å². The van der Waals surface area contributed by atoms with Gasteiger partial charge in [-0.25, -0.2) is 9.67 Å². The largest absolute Gasteiger partial charge is 0.507 e. The zero-order chi connectivity index (χ0) is 17.1. The van der Waals surface area contributed by atoms with Crippen molar-refractivity contribution in [3.63, 3.8) is 0 Å². The topological polar surface area (TPSA) is 77.2 Å². The molecule has 0 radical (unpaired) electrons. The van der Waals surface area contributed by atoms with Crippen LogP contribution in [0.5, 0.6) is 17.2 Å². The van der Waals surface area contributed by atoms with Crippen LogP contribution >= 0.6 is 23.2 Å². The van der Waals surface area contributed by atoms with Crippen LogP contribution in [0, 0.1) is 0 Å². The maximum Gasteiger partial charge on any atom is 0.149 e. The molecule has 6 nitrogen and oxygen atoms in total. The van der Waals surface area contributed by atoms with Crippen LogP contribution in [0.15, 0.2) is 49.1 Å². The van der Waals surface area contributed by atoms with Gasteiger partial charge in [0, 0.05) is 17.7 Å². The summed E-state index contributed by atoms with van der Waals surface area (Å²) in [6.45, 7) is 0. The second-order valence-electron chi connectivity index (χ2n) is 4.86. The number of hydrogen-bond acceptors (Lipinski definition) is 5. The third-order valence-electron chi connectivity index (χ3n) is 3.30. The first kappa shape index (κ1) is 16.3. The zero-order valence-electron chi connectivity index (χ0n) is 12.1. The van der Waals surface area contributed by atoms with E-state index in [0.29, 0.717) is 33.4 Å². The fourth-order valence-electron chi connectivity index (χ4n) is 2.15. The van der Waals surface area contributed by atoms with E-state index < -0.39 is 6.04 Å². The van der Waals surface area contributed by atoms with Gasteiger partial charge < -0.3 is 14.6 Å². The smallest absolute Gasteiger partial charge is 0.149 e. The Morgan fingerprint density at radius 1 is 1.12 bits per heavy atom. The molecule has 1 N–H and O–H groups in total. The van der Waals surface area contributed by atoms with Crippen molar-refractivity contribution in [1.29, 1.82) is 0 Å². The van der Waals surface area contributed by atoms with Gasteiger partial charge in [-0.05, 0) is 24.3 Å². The molecule has 2 aromatic carbocycles. The summed E-state index contributed by atoms with van der Waals surface area (Å²) >= 11 is 11.8. The predicted molar refractivity (Wildman–Crippen MR) is 88.9 cm³/mol. The first-order valence-electron chi connectivity index (χ1n) is 6.83. The van der Waals surface area contributed by atoms with Crippen LogP contribution in [-0.4, -0.2) is 26.2 Å². The van der Waals surface area contributed by atoms with E-state index in [9.17, 15) is 9.90 Å². The second-order valence-corrected chi connectivity index (χ2v) is 5.67. The molecule has 0 amide bonds. The number of rotatable bonds is 5. The van der Waals surface area contributed by atoms with Crippen LogP contribution in [0.4, 0.5) is 0 Å². The molecule has 0 aliphatic carbocycles. The van der Waals surface area contributed by atoms with Crippen molar-refractivity contribution in [3.8, 4) is 17.2 Å². The van der Waals surface area contributed by atoms with Crippen molar-refractivity contribution in [1.82, 2.24) is 14.8 Å². The van der Waals surface area contributed by atoms with Crippen LogP contribution in [0.2, 0.25) is 10.0 Å². The lowest BCUT2D eigenvalue weighted by Gasteiger charge is -2.14. The van der Waals surface area contributed by atoms with Crippen LogP contribution in [0.1, 0.15) is 11.6 Å². The van der Waals surface area contributed by atoms with Crippen LogP contribution in [0.25, 0.3) is 0 Å². The molecule has 8 heteroatoms. The highest BCUT2D eigenvalue weighted by molar-refractivity contribution is 6.42. The fraction of sp³-hybridized carbons (Fsp3) is 0.0625. The SMILES string of the molecule is O=CC(c1ccc(Oc2ccc(Cl)c(Cl)c2)cc1O)n1cncn1. The number of aldehydes is 1. The van der Waals surface area contributed by atoms with E-state index in [-0.39, 0.29) is 5.75 Å². The Balaban J connectivity index is 1.86. The highest BCUT2D eigenvalue weighted by Crippen LogP contribution is 2.33. The van der Waals surface area contributed by atoms with E-state index in [1.807, 2.05) is 0 Å². The van der Waals surface area contributed by atoms with E-state index >= 15 is 0 Å². The number of phenols is 1. The lowest BCUT2D eigenvalue weighted by Crippen LogP contribution is -2.12. The van der Waals surface area contributed by atoms with Gasteiger partial charge >= 0.3 is 0 Å². The molecule has 24 heavy (non-hydrogen) atoms. The molecule has 1 unspecified atom stereocenters. The number of ether oxygens (including phenoxy) is 1. The Labute approximate surface area is 147 Å². The van der Waals surface area contributed by atoms with Gasteiger partial charge in [-0.3, -0.25) is 0 Å². The van der Waals surface area contributed by atoms with Crippen molar-refractivity contribution < 1.29 is 14.6 Å². The van der Waals surface area contributed by atoms with E-state index in [0.717, 1.165) is 0 Å².